The van der Waals surface area contributed by atoms with Crippen molar-refractivity contribution in [1.29, 1.82) is 5.26 Å². The Morgan fingerprint density at radius 2 is 2.13 bits per heavy atom. The summed E-state index contributed by atoms with van der Waals surface area (Å²) >= 11 is 5.32. The van der Waals surface area contributed by atoms with Crippen LogP contribution in [0.25, 0.3) is 0 Å². The van der Waals surface area contributed by atoms with Crippen LogP contribution in [0.4, 0.5) is 8.78 Å². The van der Waals surface area contributed by atoms with Gasteiger partial charge in [0, 0.05) is 5.56 Å². The van der Waals surface area contributed by atoms with Gasteiger partial charge in [0.15, 0.2) is 23.5 Å². The number of hydrogen-bond acceptors (Lipinski definition) is 3. The summed E-state index contributed by atoms with van der Waals surface area (Å²) in [5.74, 6) is -2.56. The molecule has 0 saturated heterocycles. The van der Waals surface area contributed by atoms with E-state index in [0.717, 1.165) is 13.2 Å². The predicted molar refractivity (Wildman–Crippen MR) is 48.5 cm³/mol. The van der Waals surface area contributed by atoms with Crippen molar-refractivity contribution in [1.82, 2.24) is 0 Å². The molecule has 0 spiro atoms. The van der Waals surface area contributed by atoms with Crippen molar-refractivity contribution in [3.8, 4) is 11.8 Å². The molecule has 0 aromatic heterocycles. The summed E-state index contributed by atoms with van der Waals surface area (Å²) in [6, 6.07) is 2.29. The van der Waals surface area contributed by atoms with Gasteiger partial charge in [0.25, 0.3) is 0 Å². The van der Waals surface area contributed by atoms with Gasteiger partial charge < -0.3 is 9.84 Å². The Morgan fingerprint density at radius 1 is 1.53 bits per heavy atom. The van der Waals surface area contributed by atoms with E-state index in [4.69, 9.17) is 22.0 Å². The number of aliphatic hydroxyl groups is 1. The quantitative estimate of drug-likeness (QED) is 0.629. The van der Waals surface area contributed by atoms with Crippen molar-refractivity contribution in [3.63, 3.8) is 0 Å². The number of halogens is 3. The molecule has 0 bridgehead atoms. The molecule has 0 aliphatic heterocycles. The molecule has 3 nitrogen and oxygen atoms in total. The van der Waals surface area contributed by atoms with Gasteiger partial charge in [-0.1, -0.05) is 11.6 Å². The predicted octanol–water partition coefficient (Wildman–Crippen LogP) is 2.18. The van der Waals surface area contributed by atoms with Crippen LogP contribution in [0.5, 0.6) is 5.75 Å². The van der Waals surface area contributed by atoms with Gasteiger partial charge in [-0.2, -0.15) is 5.26 Å². The first-order valence-electron chi connectivity index (χ1n) is 3.82. The van der Waals surface area contributed by atoms with Crippen LogP contribution in [0, 0.1) is 23.0 Å². The Labute approximate surface area is 89.5 Å². The van der Waals surface area contributed by atoms with Crippen LogP contribution >= 0.6 is 11.6 Å². The zero-order chi connectivity index (χ0) is 11.6. The van der Waals surface area contributed by atoms with E-state index in [1.54, 1.807) is 0 Å². The third-order valence-corrected chi connectivity index (χ3v) is 2.11. The first-order chi connectivity index (χ1) is 7.02. The Kier molecular flexibility index (Phi) is 3.45. The maximum absolute atomic E-state index is 13.3. The van der Waals surface area contributed by atoms with Gasteiger partial charge in [0.05, 0.1) is 13.2 Å². The van der Waals surface area contributed by atoms with Gasteiger partial charge in [0.2, 0.25) is 0 Å². The number of hydrogen-bond donors (Lipinski definition) is 1. The van der Waals surface area contributed by atoms with Crippen LogP contribution in [-0.2, 0) is 0 Å². The number of nitrogens with zero attached hydrogens (tertiary/aromatic N) is 1. The molecule has 0 unspecified atom stereocenters. The summed E-state index contributed by atoms with van der Waals surface area (Å²) in [6.45, 7) is 0. The SMILES string of the molecule is COc1cc([C@@H](O)C#N)c(F)c(Cl)c1F. The van der Waals surface area contributed by atoms with Crippen LogP contribution in [-0.4, -0.2) is 12.2 Å². The van der Waals surface area contributed by atoms with Crippen molar-refractivity contribution in [3.05, 3.63) is 28.3 Å². The molecule has 0 radical (unpaired) electrons. The molecule has 0 amide bonds. The third-order valence-electron chi connectivity index (χ3n) is 1.78. The third kappa shape index (κ3) is 2.01. The van der Waals surface area contributed by atoms with Crippen molar-refractivity contribution >= 4 is 11.6 Å². The molecule has 6 heteroatoms. The Balaban J connectivity index is 3.43. The van der Waals surface area contributed by atoms with E-state index in [0.29, 0.717) is 0 Å². The Bertz CT molecular complexity index is 431. The zero-order valence-corrected chi connectivity index (χ0v) is 8.35. The highest BCUT2D eigenvalue weighted by atomic mass is 35.5. The van der Waals surface area contributed by atoms with Crippen molar-refractivity contribution in [2.24, 2.45) is 0 Å². The van der Waals surface area contributed by atoms with Crippen molar-refractivity contribution < 1.29 is 18.6 Å². The zero-order valence-electron chi connectivity index (χ0n) is 7.59. The fourth-order valence-electron chi connectivity index (χ4n) is 1.02. The van der Waals surface area contributed by atoms with Crippen LogP contribution in [0.1, 0.15) is 11.7 Å². The van der Waals surface area contributed by atoms with E-state index in [2.05, 4.69) is 4.74 Å². The van der Waals surface area contributed by atoms with E-state index in [1.807, 2.05) is 0 Å². The normalized spacial score (nSPS) is 12.0. The smallest absolute Gasteiger partial charge is 0.186 e. The van der Waals surface area contributed by atoms with E-state index >= 15 is 0 Å². The fraction of sp³-hybridized carbons (Fsp3) is 0.222. The summed E-state index contributed by atoms with van der Waals surface area (Å²) in [4.78, 5) is 0. The highest BCUT2D eigenvalue weighted by Gasteiger charge is 2.21. The van der Waals surface area contributed by atoms with E-state index in [9.17, 15) is 8.78 Å². The lowest BCUT2D eigenvalue weighted by Crippen LogP contribution is -2.02. The number of nitriles is 1. The largest absolute Gasteiger partial charge is 0.494 e. The molecule has 15 heavy (non-hydrogen) atoms. The highest BCUT2D eigenvalue weighted by Crippen LogP contribution is 2.32. The summed E-state index contributed by atoms with van der Waals surface area (Å²) < 4.78 is 31.0. The molecule has 0 saturated carbocycles. The topological polar surface area (TPSA) is 53.2 Å². The second-order valence-electron chi connectivity index (χ2n) is 2.64. The molecule has 80 valence electrons. The molecular formula is C9H6ClF2NO2. The van der Waals surface area contributed by atoms with Crippen molar-refractivity contribution in [2.75, 3.05) is 7.11 Å². The number of ether oxygens (including phenoxy) is 1. The van der Waals surface area contributed by atoms with Crippen LogP contribution in [0.3, 0.4) is 0 Å². The minimum Gasteiger partial charge on any atom is -0.494 e. The molecular weight excluding hydrogens is 228 g/mol. The monoisotopic (exact) mass is 233 g/mol. The minimum absolute atomic E-state index is 0.328. The highest BCUT2D eigenvalue weighted by molar-refractivity contribution is 6.31. The van der Waals surface area contributed by atoms with Gasteiger partial charge >= 0.3 is 0 Å². The molecule has 1 atom stereocenters. The minimum atomic E-state index is -1.71. The van der Waals surface area contributed by atoms with E-state index in [-0.39, 0.29) is 5.75 Å². The van der Waals surface area contributed by atoms with Gasteiger partial charge in [-0.05, 0) is 6.07 Å². The van der Waals surface area contributed by atoms with Gasteiger partial charge in [-0.3, -0.25) is 0 Å². The molecule has 1 aromatic carbocycles. The van der Waals surface area contributed by atoms with Crippen LogP contribution in [0.15, 0.2) is 6.07 Å². The lowest BCUT2D eigenvalue weighted by atomic mass is 10.1. The molecule has 0 fully saturated rings. The number of rotatable bonds is 2. The van der Waals surface area contributed by atoms with E-state index < -0.39 is 28.3 Å². The van der Waals surface area contributed by atoms with Gasteiger partial charge in [-0.25, -0.2) is 8.78 Å². The Morgan fingerprint density at radius 3 is 2.60 bits per heavy atom. The maximum atomic E-state index is 13.3. The summed E-state index contributed by atoms with van der Waals surface area (Å²) in [5, 5.41) is 16.7. The summed E-state index contributed by atoms with van der Waals surface area (Å²) in [5.41, 5.74) is -0.416. The fourth-order valence-corrected chi connectivity index (χ4v) is 1.22. The average molecular weight is 234 g/mol. The first kappa shape index (κ1) is 11.7. The summed E-state index contributed by atoms with van der Waals surface area (Å²) in [6.07, 6.45) is -1.71. The molecule has 0 heterocycles. The molecule has 1 N–H and O–H groups in total. The second kappa shape index (κ2) is 4.43. The molecule has 1 aromatic rings. The number of aliphatic hydroxyl groups excluding tert-OH is 1. The average Bonchev–Trinajstić information content (AvgIpc) is 2.25. The van der Waals surface area contributed by atoms with Gasteiger partial charge in [0.1, 0.15) is 5.02 Å². The Hall–Kier alpha value is -1.38. The molecule has 1 rings (SSSR count). The van der Waals surface area contributed by atoms with Gasteiger partial charge in [-0.15, -0.1) is 0 Å². The number of benzene rings is 1. The standard InChI is InChI=1S/C9H6ClF2NO2/c1-15-6-2-4(5(14)3-13)8(11)7(10)9(6)12/h2,5,14H,1H3/t5-/m0/s1. The van der Waals surface area contributed by atoms with Crippen LogP contribution in [0.2, 0.25) is 5.02 Å². The lowest BCUT2D eigenvalue weighted by Gasteiger charge is -2.10. The maximum Gasteiger partial charge on any atom is 0.186 e. The summed E-state index contributed by atoms with van der Waals surface area (Å²) in [7, 11) is 1.16. The van der Waals surface area contributed by atoms with Crippen molar-refractivity contribution in [2.45, 2.75) is 6.10 Å². The number of methoxy groups -OCH3 is 1. The molecule has 0 aliphatic rings. The second-order valence-corrected chi connectivity index (χ2v) is 3.02. The first-order valence-corrected chi connectivity index (χ1v) is 4.19. The van der Waals surface area contributed by atoms with Crippen LogP contribution < -0.4 is 4.74 Å². The molecule has 0 aliphatic carbocycles. The lowest BCUT2D eigenvalue weighted by molar-refractivity contribution is 0.229. The van der Waals surface area contributed by atoms with E-state index in [1.165, 1.54) is 6.07 Å².